The van der Waals surface area contributed by atoms with E-state index >= 15 is 0 Å². The minimum absolute atomic E-state index is 0.296. The molecule has 0 spiro atoms. The van der Waals surface area contributed by atoms with Gasteiger partial charge in [-0.05, 0) is 48.4 Å². The molecule has 0 saturated heterocycles. The number of phenolic OH excluding ortho intramolecular Hbond substituents is 1. The van der Waals surface area contributed by atoms with E-state index in [0.29, 0.717) is 11.8 Å². The minimum atomic E-state index is 0.296. The van der Waals surface area contributed by atoms with E-state index in [-0.39, 0.29) is 0 Å². The van der Waals surface area contributed by atoms with E-state index in [1.807, 2.05) is 18.2 Å². The van der Waals surface area contributed by atoms with Gasteiger partial charge in [-0.25, -0.2) is 0 Å². The summed E-state index contributed by atoms with van der Waals surface area (Å²) in [6.45, 7) is 2.17. The van der Waals surface area contributed by atoms with Crippen LogP contribution in [0.4, 0.5) is 5.69 Å². The van der Waals surface area contributed by atoms with Gasteiger partial charge in [-0.15, -0.1) is 0 Å². The van der Waals surface area contributed by atoms with Crippen molar-refractivity contribution in [1.29, 1.82) is 0 Å². The third-order valence-corrected chi connectivity index (χ3v) is 3.55. The van der Waals surface area contributed by atoms with Crippen molar-refractivity contribution >= 4 is 5.69 Å². The van der Waals surface area contributed by atoms with Crippen molar-refractivity contribution in [1.82, 2.24) is 0 Å². The molecule has 0 bridgehead atoms. The molecule has 1 unspecified atom stereocenters. The van der Waals surface area contributed by atoms with E-state index in [1.54, 1.807) is 12.1 Å². The molecule has 100 valence electrons. The van der Waals surface area contributed by atoms with E-state index in [2.05, 4.69) is 54.4 Å². The van der Waals surface area contributed by atoms with Gasteiger partial charge in [0.15, 0.2) is 0 Å². The number of nitrogens with zero attached hydrogens (tertiary/aromatic N) is 1. The lowest BCUT2D eigenvalue weighted by Crippen LogP contribution is -2.27. The van der Waals surface area contributed by atoms with Crippen LogP contribution < -0.4 is 4.90 Å². The van der Waals surface area contributed by atoms with Crippen LogP contribution in [0.1, 0.15) is 6.92 Å². The third-order valence-electron chi connectivity index (χ3n) is 3.55. The molecule has 20 heavy (non-hydrogen) atoms. The zero-order valence-corrected chi connectivity index (χ0v) is 11.4. The fourth-order valence-electron chi connectivity index (χ4n) is 2.40. The first kappa shape index (κ1) is 12.5. The molecule has 0 aromatic heterocycles. The molecular formula is C18H17NO. The second-order valence-corrected chi connectivity index (χ2v) is 4.97. The van der Waals surface area contributed by atoms with Crippen LogP contribution >= 0.6 is 0 Å². The predicted octanol–water partition coefficient (Wildman–Crippen LogP) is 4.34. The first-order valence-corrected chi connectivity index (χ1v) is 6.77. The average molecular weight is 263 g/mol. The Balaban J connectivity index is 1.86. The summed E-state index contributed by atoms with van der Waals surface area (Å²) < 4.78 is 0. The Morgan fingerprint density at radius 3 is 2.05 bits per heavy atom. The molecule has 1 aliphatic rings. The SMILES string of the molecule is CC1C=CC=CN1c1ccc(-c2ccc(O)cc2)cc1. The molecule has 0 fully saturated rings. The van der Waals surface area contributed by atoms with Crippen LogP contribution in [0.3, 0.4) is 0 Å². The summed E-state index contributed by atoms with van der Waals surface area (Å²) in [6, 6.07) is 16.1. The van der Waals surface area contributed by atoms with Crippen molar-refractivity contribution in [3.05, 3.63) is 73.0 Å². The van der Waals surface area contributed by atoms with Gasteiger partial charge >= 0.3 is 0 Å². The van der Waals surface area contributed by atoms with Crippen molar-refractivity contribution in [2.24, 2.45) is 0 Å². The predicted molar refractivity (Wildman–Crippen MR) is 83.8 cm³/mol. The van der Waals surface area contributed by atoms with Crippen LogP contribution in [-0.2, 0) is 0 Å². The molecule has 1 N–H and O–H groups in total. The standard InChI is InChI=1S/C18H17NO/c1-14-4-2-3-13-19(14)17-9-5-15(6-10-17)16-7-11-18(20)12-8-16/h2-14,20H,1H3. The Hall–Kier alpha value is -2.48. The largest absolute Gasteiger partial charge is 0.508 e. The summed E-state index contributed by atoms with van der Waals surface area (Å²) in [5.41, 5.74) is 3.44. The lowest BCUT2D eigenvalue weighted by molar-refractivity contribution is 0.475. The van der Waals surface area contributed by atoms with Gasteiger partial charge < -0.3 is 10.0 Å². The number of aromatic hydroxyl groups is 1. The Morgan fingerprint density at radius 2 is 1.45 bits per heavy atom. The molecule has 1 heterocycles. The lowest BCUT2D eigenvalue weighted by atomic mass is 10.0. The molecule has 3 rings (SSSR count). The summed E-state index contributed by atoms with van der Waals surface area (Å²) in [7, 11) is 0. The molecule has 1 atom stereocenters. The molecule has 2 aromatic carbocycles. The molecule has 0 aliphatic carbocycles. The molecular weight excluding hydrogens is 246 g/mol. The number of benzene rings is 2. The smallest absolute Gasteiger partial charge is 0.115 e. The molecule has 1 aliphatic heterocycles. The van der Waals surface area contributed by atoms with Crippen molar-refractivity contribution in [3.63, 3.8) is 0 Å². The molecule has 2 aromatic rings. The van der Waals surface area contributed by atoms with Gasteiger partial charge in [0.25, 0.3) is 0 Å². The molecule has 2 heteroatoms. The maximum atomic E-state index is 9.33. The first-order valence-electron chi connectivity index (χ1n) is 6.77. The Kier molecular flexibility index (Phi) is 3.30. The summed E-state index contributed by atoms with van der Waals surface area (Å²) in [6.07, 6.45) is 8.40. The van der Waals surface area contributed by atoms with E-state index in [0.717, 1.165) is 11.1 Å². The van der Waals surface area contributed by atoms with Crippen LogP contribution in [-0.4, -0.2) is 11.1 Å². The Morgan fingerprint density at radius 1 is 0.850 bits per heavy atom. The number of allylic oxidation sites excluding steroid dienone is 2. The summed E-state index contributed by atoms with van der Waals surface area (Å²) in [4.78, 5) is 2.24. The zero-order valence-electron chi connectivity index (χ0n) is 11.4. The van der Waals surface area contributed by atoms with Gasteiger partial charge in [-0.1, -0.05) is 36.4 Å². The summed E-state index contributed by atoms with van der Waals surface area (Å²) in [5, 5.41) is 9.33. The highest BCUT2D eigenvalue weighted by molar-refractivity contribution is 5.67. The average Bonchev–Trinajstić information content (AvgIpc) is 2.49. The second kappa shape index (κ2) is 5.25. The van der Waals surface area contributed by atoms with Crippen LogP contribution in [0, 0.1) is 0 Å². The maximum Gasteiger partial charge on any atom is 0.115 e. The van der Waals surface area contributed by atoms with Gasteiger partial charge in [-0.2, -0.15) is 0 Å². The van der Waals surface area contributed by atoms with Gasteiger partial charge in [-0.3, -0.25) is 0 Å². The van der Waals surface area contributed by atoms with E-state index in [1.165, 1.54) is 5.69 Å². The number of phenols is 1. The monoisotopic (exact) mass is 263 g/mol. The van der Waals surface area contributed by atoms with Gasteiger partial charge in [0, 0.05) is 17.9 Å². The van der Waals surface area contributed by atoms with Crippen LogP contribution in [0.25, 0.3) is 11.1 Å². The normalized spacial score (nSPS) is 17.4. The van der Waals surface area contributed by atoms with Crippen molar-refractivity contribution < 1.29 is 5.11 Å². The van der Waals surface area contributed by atoms with Gasteiger partial charge in [0.1, 0.15) is 5.75 Å². The highest BCUT2D eigenvalue weighted by Gasteiger charge is 2.11. The summed E-state index contributed by atoms with van der Waals surface area (Å²) >= 11 is 0. The Bertz CT molecular complexity index is 638. The minimum Gasteiger partial charge on any atom is -0.508 e. The van der Waals surface area contributed by atoms with E-state index < -0.39 is 0 Å². The van der Waals surface area contributed by atoms with Crippen LogP contribution in [0.15, 0.2) is 73.0 Å². The quantitative estimate of drug-likeness (QED) is 0.871. The topological polar surface area (TPSA) is 23.5 Å². The van der Waals surface area contributed by atoms with Crippen molar-refractivity contribution in [2.75, 3.05) is 4.90 Å². The zero-order chi connectivity index (χ0) is 13.9. The maximum absolute atomic E-state index is 9.33. The summed E-state index contributed by atoms with van der Waals surface area (Å²) in [5.74, 6) is 0.296. The number of hydrogen-bond donors (Lipinski definition) is 1. The molecule has 0 saturated carbocycles. The van der Waals surface area contributed by atoms with Gasteiger partial charge in [0.2, 0.25) is 0 Å². The fraction of sp³-hybridized carbons (Fsp3) is 0.111. The van der Waals surface area contributed by atoms with Crippen molar-refractivity contribution in [2.45, 2.75) is 13.0 Å². The molecule has 0 amide bonds. The lowest BCUT2D eigenvalue weighted by Gasteiger charge is -2.27. The number of hydrogen-bond acceptors (Lipinski definition) is 2. The first-order chi connectivity index (χ1) is 9.74. The Labute approximate surface area is 119 Å². The van der Waals surface area contributed by atoms with Crippen LogP contribution in [0.2, 0.25) is 0 Å². The second-order valence-electron chi connectivity index (χ2n) is 4.97. The van der Waals surface area contributed by atoms with Gasteiger partial charge in [0.05, 0.1) is 0 Å². The molecule has 2 nitrogen and oxygen atoms in total. The third kappa shape index (κ3) is 2.45. The van der Waals surface area contributed by atoms with E-state index in [4.69, 9.17) is 0 Å². The molecule has 0 radical (unpaired) electrons. The number of rotatable bonds is 2. The highest BCUT2D eigenvalue weighted by atomic mass is 16.3. The fourth-order valence-corrected chi connectivity index (χ4v) is 2.40. The van der Waals surface area contributed by atoms with Crippen molar-refractivity contribution in [3.8, 4) is 16.9 Å². The van der Waals surface area contributed by atoms with Crippen LogP contribution in [0.5, 0.6) is 5.75 Å². The highest BCUT2D eigenvalue weighted by Crippen LogP contribution is 2.26. The number of anilines is 1. The van der Waals surface area contributed by atoms with E-state index in [9.17, 15) is 5.11 Å².